The summed E-state index contributed by atoms with van der Waals surface area (Å²) in [7, 11) is 1.65. The fourth-order valence-corrected chi connectivity index (χ4v) is 4.13. The van der Waals surface area contributed by atoms with Crippen LogP contribution in [0.15, 0.2) is 42.0 Å². The van der Waals surface area contributed by atoms with Crippen LogP contribution in [0, 0.1) is 17.2 Å². The Kier molecular flexibility index (Phi) is 4.68. The van der Waals surface area contributed by atoms with Crippen molar-refractivity contribution in [3.63, 3.8) is 0 Å². The highest BCUT2D eigenvalue weighted by Gasteiger charge is 2.25. The van der Waals surface area contributed by atoms with Crippen molar-refractivity contribution >= 4 is 12.0 Å². The number of nitriles is 1. The summed E-state index contributed by atoms with van der Waals surface area (Å²) in [6.45, 7) is 0.734. The monoisotopic (exact) mass is 358 g/mol. The van der Waals surface area contributed by atoms with Crippen molar-refractivity contribution in [3.8, 4) is 22.9 Å². The molecular weight excluding hydrogens is 336 g/mol. The topological polar surface area (TPSA) is 62.1 Å². The molecule has 1 amide bonds. The zero-order valence-electron chi connectivity index (χ0n) is 15.4. The first-order valence-corrected chi connectivity index (χ1v) is 9.38. The van der Waals surface area contributed by atoms with Gasteiger partial charge in [-0.3, -0.25) is 4.79 Å². The summed E-state index contributed by atoms with van der Waals surface area (Å²) in [5.74, 6) is 1.29. The number of fused-ring (bicyclic) bond motifs is 3. The first kappa shape index (κ1) is 17.4. The maximum absolute atomic E-state index is 12.5. The molecule has 1 atom stereocenters. The maximum Gasteiger partial charge on any atom is 0.247 e. The summed E-state index contributed by atoms with van der Waals surface area (Å²) in [5, 5.41) is 12.5. The minimum Gasteiger partial charge on any atom is -0.497 e. The molecule has 1 saturated heterocycles. The number of amides is 1. The smallest absolute Gasteiger partial charge is 0.247 e. The third-order valence-corrected chi connectivity index (χ3v) is 5.51. The maximum atomic E-state index is 12.5. The van der Waals surface area contributed by atoms with Gasteiger partial charge >= 0.3 is 0 Å². The van der Waals surface area contributed by atoms with Crippen LogP contribution in [0.2, 0.25) is 0 Å². The van der Waals surface area contributed by atoms with Crippen molar-refractivity contribution in [3.05, 3.63) is 58.7 Å². The van der Waals surface area contributed by atoms with Gasteiger partial charge in [0, 0.05) is 12.1 Å². The SMILES string of the molecule is COc1ccc(-c2cc(C#N)cc3c2CC2CCCNC(=O)C(=C3)C2)cc1. The van der Waals surface area contributed by atoms with Crippen LogP contribution in [-0.4, -0.2) is 19.6 Å². The number of rotatable bonds is 2. The molecule has 2 aromatic carbocycles. The van der Waals surface area contributed by atoms with Gasteiger partial charge in [0.25, 0.3) is 0 Å². The van der Waals surface area contributed by atoms with Crippen LogP contribution in [0.4, 0.5) is 0 Å². The van der Waals surface area contributed by atoms with Crippen LogP contribution in [0.5, 0.6) is 5.75 Å². The number of carbonyl (C=O) groups is 1. The Hall–Kier alpha value is -3.06. The van der Waals surface area contributed by atoms with E-state index in [4.69, 9.17) is 4.74 Å². The van der Waals surface area contributed by atoms with Crippen molar-refractivity contribution in [1.82, 2.24) is 5.32 Å². The zero-order valence-corrected chi connectivity index (χ0v) is 15.4. The van der Waals surface area contributed by atoms with Gasteiger partial charge in [-0.25, -0.2) is 0 Å². The predicted octanol–water partition coefficient (Wildman–Crippen LogP) is 4.09. The van der Waals surface area contributed by atoms with E-state index in [9.17, 15) is 10.1 Å². The van der Waals surface area contributed by atoms with Crippen molar-refractivity contribution in [2.75, 3.05) is 13.7 Å². The van der Waals surface area contributed by atoms with Gasteiger partial charge in [0.1, 0.15) is 5.75 Å². The molecule has 0 saturated carbocycles. The lowest BCUT2D eigenvalue weighted by Gasteiger charge is -2.21. The van der Waals surface area contributed by atoms with Crippen molar-refractivity contribution in [2.45, 2.75) is 25.7 Å². The minimum absolute atomic E-state index is 0.0286. The fraction of sp³-hybridized carbons (Fsp3) is 0.304. The van der Waals surface area contributed by atoms with Gasteiger partial charge < -0.3 is 10.1 Å². The number of benzene rings is 2. The molecule has 1 fully saturated rings. The average Bonchev–Trinajstić information content (AvgIpc) is 2.89. The molecule has 2 aliphatic rings. The van der Waals surface area contributed by atoms with Crippen LogP contribution in [0.25, 0.3) is 17.2 Å². The Morgan fingerprint density at radius 1 is 1.19 bits per heavy atom. The molecule has 0 spiro atoms. The number of ether oxygens (including phenoxy) is 1. The normalized spacial score (nSPS) is 18.7. The van der Waals surface area contributed by atoms with Gasteiger partial charge in [-0.2, -0.15) is 5.26 Å². The second-order valence-corrected chi connectivity index (χ2v) is 7.27. The number of carbonyl (C=O) groups excluding carboxylic acids is 1. The quantitative estimate of drug-likeness (QED) is 0.879. The van der Waals surface area contributed by atoms with E-state index < -0.39 is 0 Å². The Labute approximate surface area is 159 Å². The van der Waals surface area contributed by atoms with E-state index in [1.165, 1.54) is 5.56 Å². The van der Waals surface area contributed by atoms with Crippen LogP contribution in [0.1, 0.15) is 36.0 Å². The molecule has 4 heteroatoms. The Bertz CT molecular complexity index is 952. The molecular formula is C23H22N2O2. The first-order chi connectivity index (χ1) is 13.2. The number of hydrogen-bond donors (Lipinski definition) is 1. The molecule has 136 valence electrons. The number of methoxy groups -OCH3 is 1. The molecule has 4 rings (SSSR count). The third kappa shape index (κ3) is 3.46. The van der Waals surface area contributed by atoms with Gasteiger partial charge in [0.05, 0.1) is 18.7 Å². The van der Waals surface area contributed by atoms with Gasteiger partial charge in [0.2, 0.25) is 5.91 Å². The van der Waals surface area contributed by atoms with E-state index in [0.29, 0.717) is 11.5 Å². The highest BCUT2D eigenvalue weighted by Crippen LogP contribution is 2.37. The highest BCUT2D eigenvalue weighted by atomic mass is 16.5. The predicted molar refractivity (Wildman–Crippen MR) is 105 cm³/mol. The first-order valence-electron chi connectivity index (χ1n) is 9.38. The molecule has 1 aliphatic heterocycles. The van der Waals surface area contributed by atoms with Crippen molar-refractivity contribution in [1.29, 1.82) is 5.26 Å². The van der Waals surface area contributed by atoms with E-state index in [1.54, 1.807) is 7.11 Å². The zero-order chi connectivity index (χ0) is 18.8. The second-order valence-electron chi connectivity index (χ2n) is 7.27. The Morgan fingerprint density at radius 3 is 2.74 bits per heavy atom. The molecule has 2 bridgehead atoms. The standard InChI is InChI=1S/C23H22N2O2/c1-27-20-6-4-17(5-7-20)21-12-16(14-24)10-18-13-19-9-15(11-22(18)21)3-2-8-25-23(19)26/h4-7,10,12-13,15H,2-3,8-9,11H2,1H3,(H,25,26). The molecule has 1 heterocycles. The third-order valence-electron chi connectivity index (χ3n) is 5.51. The number of nitrogens with one attached hydrogen (secondary N) is 1. The molecule has 0 radical (unpaired) electrons. The van der Waals surface area contributed by atoms with Gasteiger partial charge in [-0.1, -0.05) is 12.1 Å². The summed E-state index contributed by atoms with van der Waals surface area (Å²) < 4.78 is 5.27. The molecule has 1 aliphatic carbocycles. The van der Waals surface area contributed by atoms with E-state index in [-0.39, 0.29) is 5.91 Å². The minimum atomic E-state index is 0.0286. The Morgan fingerprint density at radius 2 is 2.00 bits per heavy atom. The van der Waals surface area contributed by atoms with E-state index in [0.717, 1.165) is 60.2 Å². The summed E-state index contributed by atoms with van der Waals surface area (Å²) >= 11 is 0. The second kappa shape index (κ2) is 7.28. The highest BCUT2D eigenvalue weighted by molar-refractivity contribution is 5.98. The van der Waals surface area contributed by atoms with Crippen LogP contribution < -0.4 is 10.1 Å². The number of nitrogens with zero attached hydrogens (tertiary/aromatic N) is 1. The summed E-state index contributed by atoms with van der Waals surface area (Å²) in [4.78, 5) is 12.5. The van der Waals surface area contributed by atoms with E-state index in [2.05, 4.69) is 11.4 Å². The van der Waals surface area contributed by atoms with Crippen LogP contribution in [0.3, 0.4) is 0 Å². The van der Waals surface area contributed by atoms with Gasteiger partial charge in [-0.15, -0.1) is 0 Å². The average molecular weight is 358 g/mol. The van der Waals surface area contributed by atoms with Gasteiger partial charge in [0.15, 0.2) is 0 Å². The fourth-order valence-electron chi connectivity index (χ4n) is 4.13. The lowest BCUT2D eigenvalue weighted by Crippen LogP contribution is -2.29. The van der Waals surface area contributed by atoms with Crippen LogP contribution >= 0.6 is 0 Å². The molecule has 2 aromatic rings. The summed E-state index contributed by atoms with van der Waals surface area (Å²) in [6.07, 6.45) is 5.82. The molecule has 4 nitrogen and oxygen atoms in total. The summed E-state index contributed by atoms with van der Waals surface area (Å²) in [6, 6.07) is 14.1. The number of hydrogen-bond acceptors (Lipinski definition) is 3. The molecule has 1 N–H and O–H groups in total. The molecule has 0 aromatic heterocycles. The molecule has 27 heavy (non-hydrogen) atoms. The van der Waals surface area contributed by atoms with Crippen molar-refractivity contribution < 1.29 is 9.53 Å². The van der Waals surface area contributed by atoms with Crippen molar-refractivity contribution in [2.24, 2.45) is 5.92 Å². The molecule has 1 unspecified atom stereocenters. The van der Waals surface area contributed by atoms with E-state index >= 15 is 0 Å². The van der Waals surface area contributed by atoms with Crippen LogP contribution in [-0.2, 0) is 11.2 Å². The Balaban J connectivity index is 1.88. The lowest BCUT2D eigenvalue weighted by atomic mass is 9.85. The summed E-state index contributed by atoms with van der Waals surface area (Å²) in [5.41, 5.74) is 5.81. The van der Waals surface area contributed by atoms with E-state index in [1.807, 2.05) is 42.5 Å². The lowest BCUT2D eigenvalue weighted by molar-refractivity contribution is -0.117. The largest absolute Gasteiger partial charge is 0.497 e. The van der Waals surface area contributed by atoms with Gasteiger partial charge in [-0.05, 0) is 84.2 Å².